The van der Waals surface area contributed by atoms with Gasteiger partial charge in [-0.15, -0.1) is 0 Å². The zero-order valence-electron chi connectivity index (χ0n) is 40.6. The van der Waals surface area contributed by atoms with Gasteiger partial charge in [0.2, 0.25) is 0 Å². The van der Waals surface area contributed by atoms with Crippen LogP contribution in [0, 0.1) is 0 Å². The molecular formula is C59H58O12. The molecule has 12 nitrogen and oxygen atoms in total. The molecule has 366 valence electrons. The Bertz CT molecular complexity index is 2820. The molecule has 12 heteroatoms. The van der Waals surface area contributed by atoms with Crippen molar-refractivity contribution in [1.82, 2.24) is 0 Å². The molecular weight excluding hydrogens is 901 g/mol. The fourth-order valence-corrected chi connectivity index (χ4v) is 8.60. The zero-order chi connectivity index (χ0) is 50.7. The predicted octanol–water partition coefficient (Wildman–Crippen LogP) is 10.4. The predicted molar refractivity (Wildman–Crippen MR) is 272 cm³/mol. The molecule has 0 aliphatic heterocycles. The van der Waals surface area contributed by atoms with Gasteiger partial charge < -0.3 is 37.9 Å². The highest BCUT2D eigenvalue weighted by Crippen LogP contribution is 2.58. The lowest BCUT2D eigenvalue weighted by Crippen LogP contribution is -2.30. The lowest BCUT2D eigenvalue weighted by atomic mass is 9.65. The zero-order valence-corrected chi connectivity index (χ0v) is 40.6. The van der Waals surface area contributed by atoms with E-state index in [2.05, 4.69) is 123 Å². The van der Waals surface area contributed by atoms with Crippen LogP contribution in [-0.4, -0.2) is 88.9 Å². The number of carbonyl (C=O) groups is 4. The Balaban J connectivity index is 1.17. The van der Waals surface area contributed by atoms with E-state index >= 15 is 0 Å². The highest BCUT2D eigenvalue weighted by Gasteiger charge is 2.47. The normalized spacial score (nSPS) is 13.0. The van der Waals surface area contributed by atoms with Crippen molar-refractivity contribution >= 4 is 45.4 Å². The molecule has 0 saturated carbocycles. The molecule has 0 heterocycles. The van der Waals surface area contributed by atoms with Crippen LogP contribution in [0.1, 0.15) is 49.9 Å². The molecule has 0 bridgehead atoms. The Hall–Kier alpha value is -7.80. The first-order valence-electron chi connectivity index (χ1n) is 23.3. The summed E-state index contributed by atoms with van der Waals surface area (Å²) in [5, 5.41) is 3.79. The van der Waals surface area contributed by atoms with Crippen LogP contribution in [0.25, 0.3) is 32.7 Å². The van der Waals surface area contributed by atoms with E-state index in [9.17, 15) is 19.2 Å². The first-order chi connectivity index (χ1) is 34.2. The van der Waals surface area contributed by atoms with Crippen LogP contribution in [0.3, 0.4) is 0 Å². The quantitative estimate of drug-likeness (QED) is 0.0246. The average molecular weight is 959 g/mol. The summed E-state index contributed by atoms with van der Waals surface area (Å²) >= 11 is 0. The molecule has 7 rings (SSSR count). The van der Waals surface area contributed by atoms with Crippen molar-refractivity contribution in [2.24, 2.45) is 0 Å². The highest BCUT2D eigenvalue weighted by atomic mass is 16.6. The molecule has 6 aromatic rings. The largest absolute Gasteiger partial charge is 0.491 e. The van der Waals surface area contributed by atoms with Crippen molar-refractivity contribution in [3.05, 3.63) is 192 Å². The fourth-order valence-electron chi connectivity index (χ4n) is 8.60. The molecule has 0 spiro atoms. The average Bonchev–Trinajstić information content (AvgIpc) is 3.66. The lowest BCUT2D eigenvalue weighted by molar-refractivity contribution is -0.157. The molecule has 1 aliphatic carbocycles. The molecule has 0 aromatic heterocycles. The number of ether oxygens (including phenoxy) is 8. The smallest absolute Gasteiger partial charge is 0.333 e. The second kappa shape index (κ2) is 23.2. The van der Waals surface area contributed by atoms with Crippen molar-refractivity contribution < 1.29 is 57.1 Å². The molecule has 0 fully saturated rings. The van der Waals surface area contributed by atoms with Crippen LogP contribution in [0.4, 0.5) is 0 Å². The van der Waals surface area contributed by atoms with Gasteiger partial charge in [0.1, 0.15) is 37.9 Å². The Labute approximate surface area is 414 Å². The van der Waals surface area contributed by atoms with Crippen LogP contribution in [0.5, 0.6) is 11.5 Å². The topological polar surface area (TPSA) is 142 Å². The van der Waals surface area contributed by atoms with E-state index in [1.54, 1.807) is 0 Å². The third-order valence-corrected chi connectivity index (χ3v) is 11.8. The minimum atomic E-state index is -0.862. The molecule has 0 radical (unpaired) electrons. The second-order valence-electron chi connectivity index (χ2n) is 17.4. The Kier molecular flexibility index (Phi) is 16.7. The standard InChI is InChI=1S/C59H58O12/c1-37(2)55(60)68-35-41(70-57(62)39(5)6)33-64-29-31-66-53-27-15-19-45-47(53)21-13-25-51(45)59(49-23-11-9-17-43(49)44-18-10-12-24-50(44)59)52-26-14-22-48-46(52)20-16-28-54(48)67-32-30-65-34-42(71-58(63)40(7)8)36-69-56(61)38(3)4/h9-28,41-42H,1,3,5,7,29-36H2,2,4,6,8H3. The Morgan fingerprint density at radius 1 is 0.408 bits per heavy atom. The fraction of sp³-hybridized carbons (Fsp3) is 0.254. The summed E-state index contributed by atoms with van der Waals surface area (Å²) in [5.41, 5.74) is 6.71. The molecule has 71 heavy (non-hydrogen) atoms. The van der Waals surface area contributed by atoms with Crippen LogP contribution >= 0.6 is 0 Å². The minimum Gasteiger partial charge on any atom is -0.491 e. The van der Waals surface area contributed by atoms with Gasteiger partial charge in [-0.3, -0.25) is 0 Å². The second-order valence-corrected chi connectivity index (χ2v) is 17.4. The number of rotatable bonds is 24. The van der Waals surface area contributed by atoms with Crippen molar-refractivity contribution in [2.75, 3.05) is 52.9 Å². The van der Waals surface area contributed by atoms with Gasteiger partial charge in [0.15, 0.2) is 12.2 Å². The molecule has 0 N–H and O–H groups in total. The van der Waals surface area contributed by atoms with Crippen LogP contribution in [-0.2, 0) is 53.0 Å². The number of carbonyl (C=O) groups excluding carboxylic acids is 4. The van der Waals surface area contributed by atoms with Gasteiger partial charge in [0.05, 0.1) is 31.8 Å². The van der Waals surface area contributed by atoms with Crippen molar-refractivity contribution in [2.45, 2.75) is 45.3 Å². The highest BCUT2D eigenvalue weighted by molar-refractivity contribution is 6.01. The van der Waals surface area contributed by atoms with Crippen LogP contribution in [0.2, 0.25) is 0 Å². The van der Waals surface area contributed by atoms with E-state index in [1.165, 1.54) is 27.7 Å². The van der Waals surface area contributed by atoms with Gasteiger partial charge >= 0.3 is 23.9 Å². The molecule has 6 aromatic carbocycles. The van der Waals surface area contributed by atoms with E-state index in [1.807, 2.05) is 24.3 Å². The van der Waals surface area contributed by atoms with Crippen molar-refractivity contribution in [3.8, 4) is 22.6 Å². The summed E-state index contributed by atoms with van der Waals surface area (Å²) in [6.07, 6.45) is -1.72. The van der Waals surface area contributed by atoms with E-state index in [0.29, 0.717) is 11.5 Å². The molecule has 2 atom stereocenters. The molecule has 2 unspecified atom stereocenters. The summed E-state index contributed by atoms with van der Waals surface area (Å²) in [7, 11) is 0. The monoisotopic (exact) mass is 958 g/mol. The number of hydrogen-bond acceptors (Lipinski definition) is 12. The Morgan fingerprint density at radius 3 is 1.15 bits per heavy atom. The number of hydrogen-bond donors (Lipinski definition) is 0. The number of fused-ring (bicyclic) bond motifs is 5. The summed E-state index contributed by atoms with van der Waals surface area (Å²) in [4.78, 5) is 48.8. The molecule has 0 amide bonds. The summed E-state index contributed by atoms with van der Waals surface area (Å²) in [6, 6.07) is 41.8. The van der Waals surface area contributed by atoms with E-state index in [4.69, 9.17) is 37.9 Å². The van der Waals surface area contributed by atoms with E-state index in [-0.39, 0.29) is 75.1 Å². The SMILES string of the molecule is C=C(C)C(=O)OCC(COCCOc1cccc2c(C3(c4cccc5c(OCCOCC(COC(=O)C(=C)C)OC(=O)C(=C)C)cccc45)c4ccccc4-c4ccccc43)cccc12)OC(=O)C(=C)C. The summed E-state index contributed by atoms with van der Waals surface area (Å²) in [6.45, 7) is 20.8. The number of benzene rings is 6. The molecule has 0 saturated heterocycles. The van der Waals surface area contributed by atoms with Gasteiger partial charge in [-0.2, -0.15) is 0 Å². The maximum absolute atomic E-state index is 12.3. The summed E-state index contributed by atoms with van der Waals surface area (Å²) < 4.78 is 46.1. The van der Waals surface area contributed by atoms with Gasteiger partial charge in [0, 0.05) is 33.1 Å². The van der Waals surface area contributed by atoms with E-state index in [0.717, 1.165) is 54.9 Å². The maximum Gasteiger partial charge on any atom is 0.333 e. The van der Waals surface area contributed by atoms with Crippen LogP contribution < -0.4 is 9.47 Å². The van der Waals surface area contributed by atoms with Gasteiger partial charge in [0.25, 0.3) is 0 Å². The lowest BCUT2D eigenvalue weighted by Gasteiger charge is -2.36. The first-order valence-corrected chi connectivity index (χ1v) is 23.3. The van der Waals surface area contributed by atoms with Crippen molar-refractivity contribution in [3.63, 3.8) is 0 Å². The molecule has 1 aliphatic rings. The first kappa shape index (κ1) is 51.1. The minimum absolute atomic E-state index is 0.0377. The third kappa shape index (κ3) is 11.5. The van der Waals surface area contributed by atoms with E-state index < -0.39 is 41.5 Å². The summed E-state index contributed by atoms with van der Waals surface area (Å²) in [5.74, 6) is -1.11. The van der Waals surface area contributed by atoms with Gasteiger partial charge in [-0.05, 0) is 84.0 Å². The van der Waals surface area contributed by atoms with Crippen LogP contribution in [0.15, 0.2) is 170 Å². The maximum atomic E-state index is 12.3. The third-order valence-electron chi connectivity index (χ3n) is 11.8. The Morgan fingerprint density at radius 2 is 0.761 bits per heavy atom. The number of esters is 4. The van der Waals surface area contributed by atoms with Gasteiger partial charge in [-0.25, -0.2) is 19.2 Å². The van der Waals surface area contributed by atoms with Crippen molar-refractivity contribution in [1.29, 1.82) is 0 Å². The van der Waals surface area contributed by atoms with Gasteiger partial charge in [-0.1, -0.05) is 136 Å².